The Bertz CT molecular complexity index is 601. The van der Waals surface area contributed by atoms with E-state index in [1.54, 1.807) is 23.1 Å². The normalized spacial score (nSPS) is 17.8. The average molecular weight is 297 g/mol. The van der Waals surface area contributed by atoms with Crippen LogP contribution in [0.1, 0.15) is 13.3 Å². The molecular formula is C13H19N3O3S. The summed E-state index contributed by atoms with van der Waals surface area (Å²) in [5.41, 5.74) is 6.06. The van der Waals surface area contributed by atoms with Gasteiger partial charge in [0.1, 0.15) is 0 Å². The van der Waals surface area contributed by atoms with Crippen molar-refractivity contribution in [3.8, 4) is 0 Å². The maximum absolute atomic E-state index is 12.5. The van der Waals surface area contributed by atoms with Crippen molar-refractivity contribution in [2.24, 2.45) is 0 Å². The Morgan fingerprint density at radius 2 is 1.95 bits per heavy atom. The smallest absolute Gasteiger partial charge is 0.243 e. The lowest BCUT2D eigenvalue weighted by molar-refractivity contribution is -0.128. The second-order valence-corrected chi connectivity index (χ2v) is 6.77. The summed E-state index contributed by atoms with van der Waals surface area (Å²) in [5.74, 6) is -0.0202. The van der Waals surface area contributed by atoms with E-state index in [0.29, 0.717) is 38.3 Å². The Balaban J connectivity index is 2.20. The van der Waals surface area contributed by atoms with Crippen molar-refractivity contribution in [1.82, 2.24) is 9.21 Å². The molecule has 0 aromatic heterocycles. The molecule has 6 nitrogen and oxygen atoms in total. The number of nitrogen functional groups attached to an aromatic ring is 1. The fraction of sp³-hybridized carbons (Fsp3) is 0.462. The number of carbonyl (C=O) groups is 1. The summed E-state index contributed by atoms with van der Waals surface area (Å²) in [6, 6.07) is 6.28. The van der Waals surface area contributed by atoms with Gasteiger partial charge in [0, 0.05) is 38.8 Å². The van der Waals surface area contributed by atoms with Crippen LogP contribution in [0.3, 0.4) is 0 Å². The third-order valence-corrected chi connectivity index (χ3v) is 5.29. The zero-order chi connectivity index (χ0) is 14.8. The van der Waals surface area contributed by atoms with E-state index >= 15 is 0 Å². The summed E-state index contributed by atoms with van der Waals surface area (Å²) >= 11 is 0. The first-order valence-corrected chi connectivity index (χ1v) is 7.96. The van der Waals surface area contributed by atoms with Crippen molar-refractivity contribution in [2.75, 3.05) is 31.9 Å². The molecule has 1 aromatic rings. The van der Waals surface area contributed by atoms with Gasteiger partial charge >= 0.3 is 0 Å². The predicted molar refractivity (Wildman–Crippen MR) is 76.5 cm³/mol. The molecule has 0 spiro atoms. The predicted octanol–water partition coefficient (Wildman–Crippen LogP) is 0.512. The van der Waals surface area contributed by atoms with Gasteiger partial charge in [-0.3, -0.25) is 4.79 Å². The number of hydrogen-bond acceptors (Lipinski definition) is 4. The summed E-state index contributed by atoms with van der Waals surface area (Å²) in [4.78, 5) is 13.2. The molecule has 0 radical (unpaired) electrons. The van der Waals surface area contributed by atoms with Crippen LogP contribution in [0, 0.1) is 0 Å². The second kappa shape index (κ2) is 5.80. The van der Waals surface area contributed by atoms with Gasteiger partial charge in [-0.25, -0.2) is 8.42 Å². The first-order valence-electron chi connectivity index (χ1n) is 6.52. The van der Waals surface area contributed by atoms with E-state index in [2.05, 4.69) is 0 Å². The number of sulfonamides is 1. The molecule has 1 aromatic carbocycles. The van der Waals surface area contributed by atoms with Crippen molar-refractivity contribution < 1.29 is 13.2 Å². The molecule has 1 fully saturated rings. The zero-order valence-electron chi connectivity index (χ0n) is 11.4. The number of benzene rings is 1. The Kier molecular flexibility index (Phi) is 4.29. The van der Waals surface area contributed by atoms with Gasteiger partial charge in [-0.2, -0.15) is 4.31 Å². The van der Waals surface area contributed by atoms with Crippen LogP contribution >= 0.6 is 0 Å². The fourth-order valence-corrected chi connectivity index (χ4v) is 3.80. The van der Waals surface area contributed by atoms with E-state index in [4.69, 9.17) is 5.73 Å². The molecule has 20 heavy (non-hydrogen) atoms. The number of nitrogens with zero attached hydrogens (tertiary/aromatic N) is 2. The molecule has 1 amide bonds. The van der Waals surface area contributed by atoms with Crippen LogP contribution in [0.4, 0.5) is 5.69 Å². The molecule has 110 valence electrons. The molecule has 1 saturated heterocycles. The molecule has 1 aliphatic heterocycles. The minimum absolute atomic E-state index is 0.0202. The Hall–Kier alpha value is -1.60. The van der Waals surface area contributed by atoms with Crippen molar-refractivity contribution in [3.63, 3.8) is 0 Å². The fourth-order valence-electron chi connectivity index (χ4n) is 2.27. The van der Waals surface area contributed by atoms with E-state index in [1.165, 1.54) is 17.3 Å². The Labute approximate surface area is 119 Å². The molecule has 7 heteroatoms. The van der Waals surface area contributed by atoms with Gasteiger partial charge in [-0.05, 0) is 24.6 Å². The summed E-state index contributed by atoms with van der Waals surface area (Å²) in [6.45, 7) is 3.26. The minimum Gasteiger partial charge on any atom is -0.399 e. The van der Waals surface area contributed by atoms with Crippen LogP contribution in [0.25, 0.3) is 0 Å². The monoisotopic (exact) mass is 297 g/mol. The van der Waals surface area contributed by atoms with Crippen molar-refractivity contribution in [3.05, 3.63) is 24.3 Å². The number of nitrogens with two attached hydrogens (primary N) is 1. The first kappa shape index (κ1) is 14.8. The maximum Gasteiger partial charge on any atom is 0.243 e. The molecule has 0 atom stereocenters. The lowest BCUT2D eigenvalue weighted by Gasteiger charge is -2.21. The van der Waals surface area contributed by atoms with E-state index in [9.17, 15) is 13.2 Å². The molecular weight excluding hydrogens is 278 g/mol. The topological polar surface area (TPSA) is 83.7 Å². The van der Waals surface area contributed by atoms with Gasteiger partial charge in [0.05, 0.1) is 4.90 Å². The van der Waals surface area contributed by atoms with E-state index in [-0.39, 0.29) is 10.8 Å². The molecule has 1 heterocycles. The highest BCUT2D eigenvalue weighted by Gasteiger charge is 2.27. The van der Waals surface area contributed by atoms with Crippen LogP contribution in [0.2, 0.25) is 0 Å². The standard InChI is InChI=1S/C13H19N3O3S/c1-11(17)15-6-3-7-16(9-8-15)20(18,19)13-5-2-4-12(14)10-13/h2,4-5,10H,3,6-9,14H2,1H3. The van der Waals surface area contributed by atoms with Crippen LogP contribution in [-0.2, 0) is 14.8 Å². The number of carbonyl (C=O) groups excluding carboxylic acids is 1. The van der Waals surface area contributed by atoms with E-state index < -0.39 is 10.0 Å². The molecule has 0 aliphatic carbocycles. The van der Waals surface area contributed by atoms with Crippen molar-refractivity contribution in [2.45, 2.75) is 18.2 Å². The summed E-state index contributed by atoms with van der Waals surface area (Å²) in [5, 5.41) is 0. The zero-order valence-corrected chi connectivity index (χ0v) is 12.3. The maximum atomic E-state index is 12.5. The molecule has 0 saturated carbocycles. The van der Waals surface area contributed by atoms with Crippen molar-refractivity contribution in [1.29, 1.82) is 0 Å². The lowest BCUT2D eigenvalue weighted by atomic mass is 10.3. The highest BCUT2D eigenvalue weighted by molar-refractivity contribution is 7.89. The van der Waals surface area contributed by atoms with Crippen LogP contribution in [0.5, 0.6) is 0 Å². The largest absolute Gasteiger partial charge is 0.399 e. The summed E-state index contributed by atoms with van der Waals surface area (Å²) in [6.07, 6.45) is 0.640. The molecule has 1 aliphatic rings. The summed E-state index contributed by atoms with van der Waals surface area (Å²) < 4.78 is 26.5. The Morgan fingerprint density at radius 3 is 2.60 bits per heavy atom. The molecule has 0 unspecified atom stereocenters. The summed E-state index contributed by atoms with van der Waals surface area (Å²) in [7, 11) is -3.54. The third-order valence-electron chi connectivity index (χ3n) is 3.40. The number of anilines is 1. The third kappa shape index (κ3) is 3.10. The van der Waals surface area contributed by atoms with Crippen molar-refractivity contribution >= 4 is 21.6 Å². The highest BCUT2D eigenvalue weighted by Crippen LogP contribution is 2.19. The number of hydrogen-bond donors (Lipinski definition) is 1. The quantitative estimate of drug-likeness (QED) is 0.806. The Morgan fingerprint density at radius 1 is 1.20 bits per heavy atom. The number of amides is 1. The minimum atomic E-state index is -3.54. The van der Waals surface area contributed by atoms with Crippen LogP contribution in [0.15, 0.2) is 29.2 Å². The number of rotatable bonds is 2. The molecule has 2 rings (SSSR count). The average Bonchev–Trinajstić information content (AvgIpc) is 2.64. The van der Waals surface area contributed by atoms with E-state index in [1.807, 2.05) is 0 Å². The first-order chi connectivity index (χ1) is 9.41. The van der Waals surface area contributed by atoms with Gasteiger partial charge in [-0.15, -0.1) is 0 Å². The lowest BCUT2D eigenvalue weighted by Crippen LogP contribution is -2.36. The second-order valence-electron chi connectivity index (χ2n) is 4.84. The van der Waals surface area contributed by atoms with Crippen LogP contribution in [-0.4, -0.2) is 49.7 Å². The molecule has 2 N–H and O–H groups in total. The van der Waals surface area contributed by atoms with Gasteiger partial charge in [0.2, 0.25) is 15.9 Å². The van der Waals surface area contributed by atoms with Gasteiger partial charge in [-0.1, -0.05) is 6.07 Å². The van der Waals surface area contributed by atoms with Gasteiger partial charge in [0.25, 0.3) is 0 Å². The van der Waals surface area contributed by atoms with Crippen LogP contribution < -0.4 is 5.73 Å². The van der Waals surface area contributed by atoms with Gasteiger partial charge in [0.15, 0.2) is 0 Å². The van der Waals surface area contributed by atoms with E-state index in [0.717, 1.165) is 0 Å². The molecule has 0 bridgehead atoms. The SMILES string of the molecule is CC(=O)N1CCCN(S(=O)(=O)c2cccc(N)c2)CC1. The van der Waals surface area contributed by atoms with Gasteiger partial charge < -0.3 is 10.6 Å². The highest BCUT2D eigenvalue weighted by atomic mass is 32.2.